The summed E-state index contributed by atoms with van der Waals surface area (Å²) in [6.07, 6.45) is 7.85. The van der Waals surface area contributed by atoms with Crippen molar-refractivity contribution in [3.05, 3.63) is 22.7 Å². The van der Waals surface area contributed by atoms with Gasteiger partial charge in [-0.25, -0.2) is 0 Å². The van der Waals surface area contributed by atoms with Crippen molar-refractivity contribution in [2.75, 3.05) is 0 Å². The third-order valence-electron chi connectivity index (χ3n) is 1.94. The normalized spacial score (nSPS) is 29.6. The van der Waals surface area contributed by atoms with Crippen molar-refractivity contribution in [2.45, 2.75) is 35.7 Å². The molecule has 0 radical (unpaired) electrons. The van der Waals surface area contributed by atoms with Crippen LogP contribution >= 0.6 is 40.8 Å². The number of hydrogen-bond donors (Lipinski definition) is 0. The van der Waals surface area contributed by atoms with E-state index in [-0.39, 0.29) is 0 Å². The standard InChI is InChI=1S/C5H5.5CH3.Co.2HI/c1-2-4-5-3-1;;;;;;;;/h1-3H,4H2;5*1H3;;2*1H/q;;;;;;+2;;/p-2. The molecule has 0 amide bonds. The molecular weight excluding hydrogens is 433 g/mol. The van der Waals surface area contributed by atoms with Gasteiger partial charge in [0.15, 0.2) is 0 Å². The van der Waals surface area contributed by atoms with Crippen LogP contribution in [0.5, 0.6) is 0 Å². The summed E-state index contributed by atoms with van der Waals surface area (Å²) in [5.41, 5.74) is 0. The quantitative estimate of drug-likeness (QED) is 0.424. The second-order valence-electron chi connectivity index (χ2n) is 6.82. The monoisotopic (exact) mass is 453 g/mol. The van der Waals surface area contributed by atoms with Crippen molar-refractivity contribution >= 4 is 40.8 Å². The third-order valence-corrected chi connectivity index (χ3v) is 9.98. The van der Waals surface area contributed by atoms with Crippen molar-refractivity contribution in [3.8, 4) is 0 Å². The third kappa shape index (κ3) is 3.50. The van der Waals surface area contributed by atoms with Crippen molar-refractivity contribution < 1.29 is 2.02 Å². The van der Waals surface area contributed by atoms with Gasteiger partial charge in [0.2, 0.25) is 0 Å². The molecule has 0 nitrogen and oxygen atoms in total. The first-order valence-corrected chi connectivity index (χ1v) is 16.2. The molecule has 0 aliphatic heterocycles. The van der Waals surface area contributed by atoms with Gasteiger partial charge in [-0.15, -0.1) is 0 Å². The van der Waals surface area contributed by atoms with Gasteiger partial charge in [-0.1, -0.05) is 0 Å². The second-order valence-corrected chi connectivity index (χ2v) is 66.2. The van der Waals surface area contributed by atoms with Gasteiger partial charge in [0.25, 0.3) is 0 Å². The molecule has 83 valence electrons. The Hall–Kier alpha value is 1.45. The average molecular weight is 453 g/mol. The average Bonchev–Trinajstić information content (AvgIpc) is 1.97. The van der Waals surface area contributed by atoms with Crippen LogP contribution in [0.15, 0.2) is 22.7 Å². The fourth-order valence-electron chi connectivity index (χ4n) is 1.12. The second kappa shape index (κ2) is 1.57. The first kappa shape index (κ1) is 12.5. The van der Waals surface area contributed by atoms with E-state index in [2.05, 4.69) is 88.3 Å². The van der Waals surface area contributed by atoms with E-state index in [4.69, 9.17) is 0 Å². The minimum atomic E-state index is -3.26. The summed E-state index contributed by atoms with van der Waals surface area (Å²) >= 11 is 5.44. The predicted molar refractivity (Wildman–Crippen MR) is 79.2 cm³/mol. The first-order valence-electron chi connectivity index (χ1n) is 3.80. The van der Waals surface area contributed by atoms with Gasteiger partial charge in [0, 0.05) is 0 Å². The molecule has 0 aromatic heterocycles. The number of halogens is 2. The van der Waals surface area contributed by atoms with Crippen LogP contribution in [0.25, 0.3) is 0 Å². The summed E-state index contributed by atoms with van der Waals surface area (Å²) in [5, 5.41) is 0. The SMILES string of the molecule is [CH3][Co]([CH3])([CH3])([CH3])([CH3])([I])([I])[C]1=CC=CC1. The summed E-state index contributed by atoms with van der Waals surface area (Å²) < 4.78 is -1.68. The van der Waals surface area contributed by atoms with Crippen molar-refractivity contribution in [2.24, 2.45) is 0 Å². The molecule has 0 aromatic carbocycles. The van der Waals surface area contributed by atoms with Crippen LogP contribution in [0.3, 0.4) is 0 Å². The summed E-state index contributed by atoms with van der Waals surface area (Å²) in [6.45, 7) is 0. The molecule has 0 unspecified atom stereocenters. The first-order chi connectivity index (χ1) is 5.00. The maximum absolute atomic E-state index is 3.26. The fraction of sp³-hybridized carbons (Fsp3) is 0.600. The van der Waals surface area contributed by atoms with Gasteiger partial charge in [-0.2, -0.15) is 0 Å². The zero-order valence-corrected chi connectivity index (χ0v) is 14.4. The van der Waals surface area contributed by atoms with Crippen molar-refractivity contribution in [1.29, 1.82) is 0 Å². The van der Waals surface area contributed by atoms with E-state index in [9.17, 15) is 0 Å². The molecule has 0 bridgehead atoms. The van der Waals surface area contributed by atoms with Gasteiger partial charge < -0.3 is 0 Å². The zero-order chi connectivity index (χ0) is 10.8. The molecule has 1 aliphatic carbocycles. The van der Waals surface area contributed by atoms with E-state index in [1.54, 1.807) is 4.51 Å². The van der Waals surface area contributed by atoms with Crippen LogP contribution in [0.2, 0.25) is 29.3 Å². The molecule has 0 fully saturated rings. The number of hydrogen-bond acceptors (Lipinski definition) is 0. The molecule has 0 aromatic rings. The molecule has 0 atom stereocenters. The number of allylic oxidation sites excluding steroid dienone is 4. The van der Waals surface area contributed by atoms with E-state index in [1.807, 2.05) is 0 Å². The van der Waals surface area contributed by atoms with Crippen LogP contribution in [0.1, 0.15) is 6.42 Å². The fourth-order valence-corrected chi connectivity index (χ4v) is 5.77. The minimum absolute atomic E-state index is 1.11. The van der Waals surface area contributed by atoms with Crippen molar-refractivity contribution in [1.82, 2.24) is 0 Å². The Morgan fingerprint density at radius 2 is 1.54 bits per heavy atom. The Labute approximate surface area is 100.0 Å². The summed E-state index contributed by atoms with van der Waals surface area (Å²) in [5.74, 6) is 12.2. The van der Waals surface area contributed by atoms with Crippen molar-refractivity contribution in [3.63, 3.8) is 0 Å². The molecule has 13 heavy (non-hydrogen) atoms. The molecule has 1 aliphatic rings. The van der Waals surface area contributed by atoms with Crippen LogP contribution in [-0.4, -0.2) is 0 Å². The van der Waals surface area contributed by atoms with E-state index < -0.39 is 2.02 Å². The van der Waals surface area contributed by atoms with Gasteiger partial charge in [-0.05, 0) is 0 Å². The van der Waals surface area contributed by atoms with E-state index >= 15 is 0 Å². The molecule has 3 heteroatoms. The zero-order valence-electron chi connectivity index (χ0n) is 9.03. The topological polar surface area (TPSA) is 0 Å². The number of rotatable bonds is 1. The summed E-state index contributed by atoms with van der Waals surface area (Å²) in [7, 11) is 0. The van der Waals surface area contributed by atoms with E-state index in [0.717, 1.165) is 6.42 Å². The molecular formula is C10H20CoI2. The van der Waals surface area contributed by atoms with Crippen LogP contribution < -0.4 is 0 Å². The molecule has 0 saturated heterocycles. The Kier molecular flexibility index (Phi) is 1.51. The Balaban J connectivity index is 3.65. The van der Waals surface area contributed by atoms with E-state index in [1.165, 1.54) is 0 Å². The van der Waals surface area contributed by atoms with Gasteiger partial charge in [-0.3, -0.25) is 0 Å². The summed E-state index contributed by atoms with van der Waals surface area (Å²) in [4.78, 5) is 0. The molecule has 0 heterocycles. The van der Waals surface area contributed by atoms with Gasteiger partial charge in [0.1, 0.15) is 0 Å². The van der Waals surface area contributed by atoms with Gasteiger partial charge >= 0.3 is 101 Å². The van der Waals surface area contributed by atoms with E-state index in [0.29, 0.717) is 0 Å². The predicted octanol–water partition coefficient (Wildman–Crippen LogP) is 6.07. The Bertz CT molecular complexity index is 344. The molecule has 1 rings (SSSR count). The van der Waals surface area contributed by atoms with Crippen LogP contribution in [0.4, 0.5) is 0 Å². The molecule has 0 spiro atoms. The summed E-state index contributed by atoms with van der Waals surface area (Å²) in [6, 6.07) is 0. The Morgan fingerprint density at radius 3 is 1.69 bits per heavy atom. The van der Waals surface area contributed by atoms with Gasteiger partial charge in [0.05, 0.1) is 0 Å². The van der Waals surface area contributed by atoms with Crippen LogP contribution in [-0.2, 0) is 2.02 Å². The van der Waals surface area contributed by atoms with Crippen LogP contribution in [0, 0.1) is 0 Å². The maximum atomic E-state index is 2.72. The molecule has 0 N–H and O–H groups in total. The Morgan fingerprint density at radius 1 is 1.08 bits per heavy atom. The molecule has 0 saturated carbocycles.